The number of rotatable bonds is 3. The highest BCUT2D eigenvalue weighted by Crippen LogP contribution is 2.20. The maximum atomic E-state index is 11.5. The normalized spacial score (nSPS) is 11.8. The molecule has 0 amide bonds. The first-order chi connectivity index (χ1) is 10.4. The Labute approximate surface area is 128 Å². The predicted molar refractivity (Wildman–Crippen MR) is 84.6 cm³/mol. The summed E-state index contributed by atoms with van der Waals surface area (Å²) < 4.78 is 26.0. The van der Waals surface area contributed by atoms with E-state index in [1.807, 2.05) is 6.92 Å². The van der Waals surface area contributed by atoms with Crippen molar-refractivity contribution in [2.45, 2.75) is 6.92 Å². The Morgan fingerprint density at radius 3 is 2.45 bits per heavy atom. The molecule has 114 valence electrons. The molecule has 0 aliphatic heterocycles. The van der Waals surface area contributed by atoms with Crippen LogP contribution >= 0.6 is 0 Å². The van der Waals surface area contributed by atoms with Crippen molar-refractivity contribution >= 4 is 26.7 Å². The number of anilines is 1. The van der Waals surface area contributed by atoms with Crippen molar-refractivity contribution in [3.8, 4) is 5.69 Å². The van der Waals surface area contributed by atoms with Crippen LogP contribution in [-0.4, -0.2) is 41.5 Å². The Bertz CT molecular complexity index is 932. The zero-order valence-electron chi connectivity index (χ0n) is 12.4. The van der Waals surface area contributed by atoms with Crippen molar-refractivity contribution in [2.24, 2.45) is 0 Å². The second-order valence-electron chi connectivity index (χ2n) is 5.00. The van der Waals surface area contributed by atoms with Gasteiger partial charge < -0.3 is 0 Å². The van der Waals surface area contributed by atoms with Gasteiger partial charge in [-0.3, -0.25) is 4.31 Å². The monoisotopic (exact) mass is 317 g/mol. The fraction of sp³-hybridized carbons (Fsp3) is 0.214. The molecule has 0 radical (unpaired) electrons. The van der Waals surface area contributed by atoms with Gasteiger partial charge in [-0.25, -0.2) is 23.1 Å². The van der Waals surface area contributed by atoms with E-state index in [1.54, 1.807) is 41.3 Å². The maximum Gasteiger partial charge on any atom is 0.231 e. The highest BCUT2D eigenvalue weighted by molar-refractivity contribution is 7.92. The van der Waals surface area contributed by atoms with Gasteiger partial charge in [-0.15, -0.1) is 0 Å². The van der Waals surface area contributed by atoms with Gasteiger partial charge in [0.1, 0.15) is 5.82 Å². The second-order valence-corrected chi connectivity index (χ2v) is 7.01. The SMILES string of the molecule is Cc1ncc2cnn(-c3ccc(N(C)S(C)(=O)=O)cc3)c2n1. The van der Waals surface area contributed by atoms with Crippen LogP contribution in [0.25, 0.3) is 16.7 Å². The lowest BCUT2D eigenvalue weighted by Gasteiger charge is -2.16. The van der Waals surface area contributed by atoms with Crippen LogP contribution in [0.2, 0.25) is 0 Å². The third-order valence-electron chi connectivity index (χ3n) is 3.38. The smallest absolute Gasteiger partial charge is 0.231 e. The van der Waals surface area contributed by atoms with E-state index in [9.17, 15) is 8.42 Å². The molecule has 2 heterocycles. The number of hydrogen-bond donors (Lipinski definition) is 0. The summed E-state index contributed by atoms with van der Waals surface area (Å²) in [6.07, 6.45) is 4.60. The summed E-state index contributed by atoms with van der Waals surface area (Å²) in [7, 11) is -1.75. The molecule has 8 heteroatoms. The molecule has 3 aromatic rings. The van der Waals surface area contributed by atoms with E-state index in [1.165, 1.54) is 17.6 Å². The first kappa shape index (κ1) is 14.5. The molecule has 0 spiro atoms. The molecule has 0 fully saturated rings. The topological polar surface area (TPSA) is 81.0 Å². The number of aryl methyl sites for hydroxylation is 1. The van der Waals surface area contributed by atoms with Gasteiger partial charge in [-0.2, -0.15) is 5.10 Å². The summed E-state index contributed by atoms with van der Waals surface area (Å²) in [6, 6.07) is 7.08. The Morgan fingerprint density at radius 2 is 1.82 bits per heavy atom. The maximum absolute atomic E-state index is 11.5. The summed E-state index contributed by atoms with van der Waals surface area (Å²) in [5.74, 6) is 0.669. The van der Waals surface area contributed by atoms with Gasteiger partial charge in [0, 0.05) is 13.2 Å². The molecular weight excluding hydrogens is 302 g/mol. The number of benzene rings is 1. The van der Waals surface area contributed by atoms with Gasteiger partial charge in [0.05, 0.1) is 29.2 Å². The van der Waals surface area contributed by atoms with Gasteiger partial charge in [0.15, 0.2) is 5.65 Å². The summed E-state index contributed by atoms with van der Waals surface area (Å²) in [5.41, 5.74) is 2.11. The highest BCUT2D eigenvalue weighted by Gasteiger charge is 2.12. The minimum absolute atomic E-state index is 0.591. The van der Waals surface area contributed by atoms with E-state index in [0.29, 0.717) is 11.5 Å². The molecule has 22 heavy (non-hydrogen) atoms. The molecular formula is C14H15N5O2S. The highest BCUT2D eigenvalue weighted by atomic mass is 32.2. The molecule has 3 rings (SSSR count). The predicted octanol–water partition coefficient (Wildman–Crippen LogP) is 1.52. The van der Waals surface area contributed by atoms with Gasteiger partial charge >= 0.3 is 0 Å². The van der Waals surface area contributed by atoms with E-state index in [-0.39, 0.29) is 0 Å². The number of sulfonamides is 1. The van der Waals surface area contributed by atoms with Crippen molar-refractivity contribution in [1.29, 1.82) is 0 Å². The van der Waals surface area contributed by atoms with Crippen LogP contribution < -0.4 is 4.31 Å². The van der Waals surface area contributed by atoms with Crippen molar-refractivity contribution in [3.05, 3.63) is 42.5 Å². The average molecular weight is 317 g/mol. The van der Waals surface area contributed by atoms with Crippen LogP contribution in [0.3, 0.4) is 0 Å². The van der Waals surface area contributed by atoms with Gasteiger partial charge in [0.2, 0.25) is 10.0 Å². The largest absolute Gasteiger partial charge is 0.274 e. The quantitative estimate of drug-likeness (QED) is 0.731. The molecule has 7 nitrogen and oxygen atoms in total. The molecule has 2 aromatic heterocycles. The first-order valence-corrected chi connectivity index (χ1v) is 8.43. The third kappa shape index (κ3) is 2.52. The zero-order chi connectivity index (χ0) is 15.9. The van der Waals surface area contributed by atoms with Crippen LogP contribution in [-0.2, 0) is 10.0 Å². The van der Waals surface area contributed by atoms with Gasteiger partial charge in [-0.1, -0.05) is 0 Å². The lowest BCUT2D eigenvalue weighted by atomic mass is 10.3. The summed E-state index contributed by atoms with van der Waals surface area (Å²) in [4.78, 5) is 8.53. The molecule has 0 aliphatic carbocycles. The molecule has 0 saturated heterocycles. The molecule has 0 aliphatic rings. The second kappa shape index (κ2) is 5.06. The van der Waals surface area contributed by atoms with E-state index in [2.05, 4.69) is 15.1 Å². The average Bonchev–Trinajstić information content (AvgIpc) is 2.88. The van der Waals surface area contributed by atoms with Crippen LogP contribution in [0.15, 0.2) is 36.7 Å². The van der Waals surface area contributed by atoms with Crippen molar-refractivity contribution < 1.29 is 8.42 Å². The number of fused-ring (bicyclic) bond motifs is 1. The standard InChI is InChI=1S/C14H15N5O2S/c1-10-15-8-11-9-16-19(14(11)17-10)13-6-4-12(5-7-13)18(2)22(3,20)21/h4-9H,1-3H3. The molecule has 0 bridgehead atoms. The number of hydrogen-bond acceptors (Lipinski definition) is 5. The first-order valence-electron chi connectivity index (χ1n) is 6.58. The fourth-order valence-corrected chi connectivity index (χ4v) is 2.59. The molecule has 0 atom stereocenters. The summed E-state index contributed by atoms with van der Waals surface area (Å²) >= 11 is 0. The molecule has 0 N–H and O–H groups in total. The molecule has 0 unspecified atom stereocenters. The lowest BCUT2D eigenvalue weighted by molar-refractivity contribution is 0.600. The van der Waals surface area contributed by atoms with E-state index >= 15 is 0 Å². The Balaban J connectivity index is 2.04. The van der Waals surface area contributed by atoms with Crippen molar-refractivity contribution in [3.63, 3.8) is 0 Å². The van der Waals surface area contributed by atoms with Crippen LogP contribution in [0.5, 0.6) is 0 Å². The fourth-order valence-electron chi connectivity index (χ4n) is 2.09. The molecule has 0 saturated carbocycles. The summed E-state index contributed by atoms with van der Waals surface area (Å²) in [5, 5.41) is 5.16. The van der Waals surface area contributed by atoms with Crippen molar-refractivity contribution in [1.82, 2.24) is 19.7 Å². The Hall–Kier alpha value is -2.48. The number of aromatic nitrogens is 4. The van der Waals surface area contributed by atoms with Crippen LogP contribution in [0, 0.1) is 6.92 Å². The van der Waals surface area contributed by atoms with E-state index < -0.39 is 10.0 Å². The summed E-state index contributed by atoms with van der Waals surface area (Å²) in [6.45, 7) is 1.82. The van der Waals surface area contributed by atoms with Gasteiger partial charge in [0.25, 0.3) is 0 Å². The molecule has 1 aromatic carbocycles. The Kier molecular flexibility index (Phi) is 3.32. The minimum Gasteiger partial charge on any atom is -0.274 e. The van der Waals surface area contributed by atoms with Crippen LogP contribution in [0.1, 0.15) is 5.82 Å². The lowest BCUT2D eigenvalue weighted by Crippen LogP contribution is -2.24. The van der Waals surface area contributed by atoms with Crippen LogP contribution in [0.4, 0.5) is 5.69 Å². The van der Waals surface area contributed by atoms with E-state index in [0.717, 1.165) is 16.7 Å². The Morgan fingerprint density at radius 1 is 1.14 bits per heavy atom. The number of nitrogens with zero attached hydrogens (tertiary/aromatic N) is 5. The van der Waals surface area contributed by atoms with E-state index in [4.69, 9.17) is 0 Å². The van der Waals surface area contributed by atoms with Gasteiger partial charge in [-0.05, 0) is 31.2 Å². The third-order valence-corrected chi connectivity index (χ3v) is 4.59. The van der Waals surface area contributed by atoms with Crippen molar-refractivity contribution in [2.75, 3.05) is 17.6 Å². The zero-order valence-corrected chi connectivity index (χ0v) is 13.2. The minimum atomic E-state index is -3.27.